The van der Waals surface area contributed by atoms with Crippen LogP contribution in [-0.2, 0) is 28.2 Å². The Bertz CT molecular complexity index is 869. The van der Waals surface area contributed by atoms with E-state index in [0.717, 1.165) is 25.2 Å². The largest absolute Gasteiger partial charge is 0.463 e. The Hall–Kier alpha value is -2.28. The molecule has 5 nitrogen and oxygen atoms in total. The van der Waals surface area contributed by atoms with E-state index >= 15 is 0 Å². The monoisotopic (exact) mass is 435 g/mol. The molecule has 1 aromatic carbocycles. The summed E-state index contributed by atoms with van der Waals surface area (Å²) < 4.78 is 37.4. The molecule has 170 valence electrons. The van der Waals surface area contributed by atoms with Crippen molar-refractivity contribution in [1.29, 1.82) is 0 Å². The van der Waals surface area contributed by atoms with Gasteiger partial charge in [-0.3, -0.25) is 0 Å². The van der Waals surface area contributed by atoms with E-state index in [0.29, 0.717) is 18.5 Å². The normalized spacial score (nSPS) is 19.8. The standard InChI is InChI=1S/C24H33F2N2O3/c1-3-4-13-27-15-16-28(19(27)2)14-8-17-31-22(29)24(30,20-9-6-5-7-10-20)21-11-12-23(25,26)18-21/h5-7,9-10,15-16,21,30H,3-4,8,11-14,17-18H2,1-2H3/q+1/t21-,24+/m1/s1. The zero-order chi connectivity index (χ0) is 22.5. The fourth-order valence-electron chi connectivity index (χ4n) is 4.37. The second-order valence-electron chi connectivity index (χ2n) is 8.50. The molecule has 0 saturated heterocycles. The molecule has 1 fully saturated rings. The van der Waals surface area contributed by atoms with Crippen LogP contribution in [0.15, 0.2) is 42.7 Å². The van der Waals surface area contributed by atoms with Crippen molar-refractivity contribution in [1.82, 2.24) is 4.57 Å². The molecular weight excluding hydrogens is 402 g/mol. The summed E-state index contributed by atoms with van der Waals surface area (Å²) in [6.07, 6.45) is 6.10. The molecule has 0 bridgehead atoms. The maximum absolute atomic E-state index is 13.8. The summed E-state index contributed by atoms with van der Waals surface area (Å²) in [6.45, 7) is 5.97. The van der Waals surface area contributed by atoms with Crippen molar-refractivity contribution in [3.8, 4) is 0 Å². The highest BCUT2D eigenvalue weighted by Gasteiger charge is 2.54. The van der Waals surface area contributed by atoms with Crippen molar-refractivity contribution in [2.24, 2.45) is 5.92 Å². The number of benzene rings is 1. The van der Waals surface area contributed by atoms with E-state index in [1.54, 1.807) is 30.3 Å². The number of aliphatic hydroxyl groups is 1. The minimum atomic E-state index is -2.87. The Labute approximate surface area is 182 Å². The third kappa shape index (κ3) is 5.32. The smallest absolute Gasteiger partial charge is 0.343 e. The third-order valence-corrected chi connectivity index (χ3v) is 6.31. The molecule has 7 heteroatoms. The summed E-state index contributed by atoms with van der Waals surface area (Å²) >= 11 is 0. The average Bonchev–Trinajstić information content (AvgIpc) is 3.31. The first kappa shape index (κ1) is 23.4. The molecular formula is C24H33F2N2O3+. The molecule has 1 heterocycles. The van der Waals surface area contributed by atoms with Crippen LogP contribution in [-0.4, -0.2) is 28.2 Å². The molecule has 0 spiro atoms. The Morgan fingerprint density at radius 1 is 1.32 bits per heavy atom. The van der Waals surface area contributed by atoms with Crippen molar-refractivity contribution in [2.75, 3.05) is 6.61 Å². The van der Waals surface area contributed by atoms with Gasteiger partial charge in [-0.05, 0) is 18.4 Å². The molecule has 0 radical (unpaired) electrons. The van der Waals surface area contributed by atoms with Gasteiger partial charge in [-0.15, -0.1) is 0 Å². The van der Waals surface area contributed by atoms with Gasteiger partial charge in [0.1, 0.15) is 12.4 Å². The number of alkyl halides is 2. The van der Waals surface area contributed by atoms with Gasteiger partial charge in [0.15, 0.2) is 5.60 Å². The van der Waals surface area contributed by atoms with Crippen LogP contribution in [0.25, 0.3) is 0 Å². The summed E-state index contributed by atoms with van der Waals surface area (Å²) in [4.78, 5) is 12.9. The SMILES string of the molecule is CCCCn1cc[n+](CCCOC(=O)[C@](O)(c2ccccc2)[C@@H]2CCC(F)(F)C2)c1C. The van der Waals surface area contributed by atoms with Crippen molar-refractivity contribution in [2.45, 2.75) is 77.0 Å². The van der Waals surface area contributed by atoms with E-state index < -0.39 is 29.8 Å². The highest BCUT2D eigenvalue weighted by atomic mass is 19.3. The summed E-state index contributed by atoms with van der Waals surface area (Å²) in [5.74, 6) is -3.45. The van der Waals surface area contributed by atoms with Gasteiger partial charge in [-0.1, -0.05) is 43.7 Å². The van der Waals surface area contributed by atoms with Gasteiger partial charge in [0.05, 0.1) is 19.7 Å². The zero-order valence-electron chi connectivity index (χ0n) is 18.4. The number of rotatable bonds is 10. The van der Waals surface area contributed by atoms with Crippen LogP contribution in [0.2, 0.25) is 0 Å². The van der Waals surface area contributed by atoms with Gasteiger partial charge in [-0.2, -0.15) is 0 Å². The predicted molar refractivity (Wildman–Crippen MR) is 112 cm³/mol. The van der Waals surface area contributed by atoms with Crippen LogP contribution in [0.3, 0.4) is 0 Å². The van der Waals surface area contributed by atoms with Gasteiger partial charge in [0.2, 0.25) is 5.92 Å². The van der Waals surface area contributed by atoms with Crippen molar-refractivity contribution < 1.29 is 28.0 Å². The lowest BCUT2D eigenvalue weighted by Crippen LogP contribution is -2.44. The first-order valence-electron chi connectivity index (χ1n) is 11.2. The highest BCUT2D eigenvalue weighted by molar-refractivity contribution is 5.81. The van der Waals surface area contributed by atoms with E-state index in [1.165, 1.54) is 0 Å². The number of aromatic nitrogens is 2. The van der Waals surface area contributed by atoms with E-state index in [9.17, 15) is 18.7 Å². The number of nitrogens with zero attached hydrogens (tertiary/aromatic N) is 2. The maximum atomic E-state index is 13.8. The molecule has 1 aliphatic carbocycles. The maximum Gasteiger partial charge on any atom is 0.343 e. The molecule has 1 saturated carbocycles. The Morgan fingerprint density at radius 3 is 2.71 bits per heavy atom. The number of imidazole rings is 1. The van der Waals surface area contributed by atoms with E-state index in [-0.39, 0.29) is 19.4 Å². The summed E-state index contributed by atoms with van der Waals surface area (Å²) in [6, 6.07) is 8.31. The zero-order valence-corrected chi connectivity index (χ0v) is 18.4. The topological polar surface area (TPSA) is 55.3 Å². The summed E-state index contributed by atoms with van der Waals surface area (Å²) in [5, 5.41) is 11.3. The number of hydrogen-bond donors (Lipinski definition) is 1. The van der Waals surface area contributed by atoms with Gasteiger partial charge in [0, 0.05) is 32.1 Å². The third-order valence-electron chi connectivity index (χ3n) is 6.31. The number of esters is 1. The van der Waals surface area contributed by atoms with Crippen LogP contribution >= 0.6 is 0 Å². The van der Waals surface area contributed by atoms with Crippen LogP contribution < -0.4 is 4.57 Å². The highest BCUT2D eigenvalue weighted by Crippen LogP contribution is 2.47. The Balaban J connectivity index is 1.62. The van der Waals surface area contributed by atoms with E-state index in [1.807, 2.05) is 12.4 Å². The fraction of sp³-hybridized carbons (Fsp3) is 0.583. The van der Waals surface area contributed by atoms with Crippen LogP contribution in [0.5, 0.6) is 0 Å². The molecule has 1 aliphatic rings. The molecule has 0 aliphatic heterocycles. The van der Waals surface area contributed by atoms with E-state index in [4.69, 9.17) is 4.74 Å². The molecule has 2 atom stereocenters. The lowest BCUT2D eigenvalue weighted by Gasteiger charge is -2.32. The number of aryl methyl sites for hydroxylation is 2. The number of carbonyl (C=O) groups is 1. The minimum Gasteiger partial charge on any atom is -0.463 e. The first-order valence-corrected chi connectivity index (χ1v) is 11.2. The molecule has 31 heavy (non-hydrogen) atoms. The average molecular weight is 436 g/mol. The fourth-order valence-corrected chi connectivity index (χ4v) is 4.37. The molecule has 1 aromatic heterocycles. The summed E-state index contributed by atoms with van der Waals surface area (Å²) in [5.41, 5.74) is -1.76. The van der Waals surface area contributed by atoms with Crippen LogP contribution in [0.4, 0.5) is 8.78 Å². The van der Waals surface area contributed by atoms with E-state index in [2.05, 4.69) is 23.0 Å². The van der Waals surface area contributed by atoms with Crippen LogP contribution in [0, 0.1) is 12.8 Å². The number of halogens is 2. The van der Waals surface area contributed by atoms with Gasteiger partial charge >= 0.3 is 5.97 Å². The molecule has 0 amide bonds. The Morgan fingerprint density at radius 2 is 2.06 bits per heavy atom. The first-order chi connectivity index (χ1) is 14.8. The summed E-state index contributed by atoms with van der Waals surface area (Å²) in [7, 11) is 0. The molecule has 3 rings (SSSR count). The second kappa shape index (κ2) is 9.90. The number of hydrogen-bond acceptors (Lipinski definition) is 3. The van der Waals surface area contributed by atoms with Gasteiger partial charge < -0.3 is 9.84 Å². The number of carbonyl (C=O) groups excluding carboxylic acids is 1. The predicted octanol–water partition coefficient (Wildman–Crippen LogP) is 4.14. The van der Waals surface area contributed by atoms with Gasteiger partial charge in [-0.25, -0.2) is 22.7 Å². The second-order valence-corrected chi connectivity index (χ2v) is 8.50. The van der Waals surface area contributed by atoms with Crippen molar-refractivity contribution in [3.05, 3.63) is 54.1 Å². The van der Waals surface area contributed by atoms with Crippen molar-refractivity contribution >= 4 is 5.97 Å². The van der Waals surface area contributed by atoms with Crippen LogP contribution in [0.1, 0.15) is 56.8 Å². The molecule has 0 unspecified atom stereocenters. The Kier molecular flexibility index (Phi) is 7.46. The van der Waals surface area contributed by atoms with Gasteiger partial charge in [0.25, 0.3) is 5.82 Å². The number of ether oxygens (including phenoxy) is 1. The quantitative estimate of drug-likeness (QED) is 0.347. The lowest BCUT2D eigenvalue weighted by atomic mass is 9.80. The number of unbranched alkanes of at least 4 members (excludes halogenated alkanes) is 1. The van der Waals surface area contributed by atoms with Crippen molar-refractivity contribution in [3.63, 3.8) is 0 Å². The molecule has 2 aromatic rings. The molecule has 1 N–H and O–H groups in total. The lowest BCUT2D eigenvalue weighted by molar-refractivity contribution is -0.702. The minimum absolute atomic E-state index is 0.0772.